The van der Waals surface area contributed by atoms with Crippen LogP contribution in [0.25, 0.3) is 0 Å². The van der Waals surface area contributed by atoms with Gasteiger partial charge in [0, 0.05) is 13.1 Å². The predicted molar refractivity (Wildman–Crippen MR) is 109 cm³/mol. The molecule has 0 aromatic heterocycles. The van der Waals surface area contributed by atoms with Crippen LogP contribution in [-0.2, 0) is 27.5 Å². The van der Waals surface area contributed by atoms with Crippen molar-refractivity contribution < 1.29 is 17.2 Å². The number of hydrogen-bond acceptors (Lipinski definition) is 3. The third-order valence-electron chi connectivity index (χ3n) is 4.39. The van der Waals surface area contributed by atoms with Crippen LogP contribution in [0.2, 0.25) is 0 Å². The van der Waals surface area contributed by atoms with Crippen molar-refractivity contribution >= 4 is 21.1 Å². The second-order valence-corrected chi connectivity index (χ2v) is 9.95. The van der Waals surface area contributed by atoms with Crippen LogP contribution in [0.15, 0.2) is 58.3 Å². The van der Waals surface area contributed by atoms with E-state index in [1.807, 2.05) is 6.92 Å². The first kappa shape index (κ1) is 21.8. The number of rotatable bonds is 9. The van der Waals surface area contributed by atoms with E-state index in [1.165, 1.54) is 4.31 Å². The molecule has 1 unspecified atom stereocenters. The second-order valence-electron chi connectivity index (χ2n) is 7.04. The normalized spacial score (nSPS) is 13.3. The van der Waals surface area contributed by atoms with Crippen LogP contribution >= 0.6 is 0 Å². The Bertz CT molecular complexity index is 860. The predicted octanol–water partition coefficient (Wildman–Crippen LogP) is 3.86. The lowest BCUT2D eigenvalue weighted by Gasteiger charge is -2.23. The van der Waals surface area contributed by atoms with Crippen molar-refractivity contribution in [1.29, 1.82) is 0 Å². The highest BCUT2D eigenvalue weighted by Crippen LogP contribution is 2.19. The lowest BCUT2D eigenvalue weighted by molar-refractivity contribution is 0.382. The summed E-state index contributed by atoms with van der Waals surface area (Å²) in [6.07, 6.45) is 1.33. The Kier molecular flexibility index (Phi) is 7.73. The topological polar surface area (TPSA) is 74.7 Å². The van der Waals surface area contributed by atoms with E-state index in [-0.39, 0.29) is 0 Å². The van der Waals surface area contributed by atoms with Crippen LogP contribution in [-0.4, -0.2) is 34.6 Å². The monoisotopic (exact) mass is 409 g/mol. The van der Waals surface area contributed by atoms with E-state index >= 15 is 0 Å². The Hall–Kier alpha value is -1.54. The average Bonchev–Trinajstić information content (AvgIpc) is 2.62. The molecule has 2 rings (SSSR count). The molecule has 0 fully saturated rings. The Morgan fingerprint density at radius 3 is 2.11 bits per heavy atom. The van der Waals surface area contributed by atoms with E-state index in [0.717, 1.165) is 17.5 Å². The van der Waals surface area contributed by atoms with E-state index in [9.17, 15) is 12.6 Å². The third-order valence-corrected chi connectivity index (χ3v) is 6.98. The molecule has 0 aliphatic carbocycles. The molecule has 0 aliphatic heterocycles. The first-order chi connectivity index (χ1) is 12.7. The molecule has 1 N–H and O–H groups in total. The maximum absolute atomic E-state index is 13.1. The first-order valence-electron chi connectivity index (χ1n) is 8.97. The summed E-state index contributed by atoms with van der Waals surface area (Å²) in [6, 6.07) is 13.6. The zero-order valence-electron chi connectivity index (χ0n) is 16.0. The van der Waals surface area contributed by atoms with Gasteiger partial charge in [0.2, 0.25) is 10.0 Å². The van der Waals surface area contributed by atoms with Gasteiger partial charge >= 0.3 is 0 Å². The van der Waals surface area contributed by atoms with Crippen LogP contribution in [0, 0.1) is 12.8 Å². The second kappa shape index (κ2) is 9.59. The molecule has 0 spiro atoms. The molecule has 0 aliphatic rings. The molecular formula is C20H27NO4S2. The molecule has 148 valence electrons. The fraction of sp³-hybridized carbons (Fsp3) is 0.400. The summed E-state index contributed by atoms with van der Waals surface area (Å²) in [5.41, 5.74) is 1.95. The van der Waals surface area contributed by atoms with Crippen molar-refractivity contribution in [2.24, 2.45) is 5.92 Å². The van der Waals surface area contributed by atoms with Crippen LogP contribution in [0.4, 0.5) is 0 Å². The van der Waals surface area contributed by atoms with Crippen molar-refractivity contribution in [3.63, 3.8) is 0 Å². The molecule has 0 amide bonds. The minimum absolute atomic E-state index is 0.308. The standard InChI is InChI=1S/C20H27NO4S2/c1-16(2)12-14-21(27(24,25)20-10-4-17(3)5-11-20)15-13-18-6-8-19(9-7-18)26(22)23/h4-11,16H,12-15H2,1-3H3,(H,22,23). The van der Waals surface area contributed by atoms with E-state index < -0.39 is 21.1 Å². The zero-order chi connectivity index (χ0) is 20.0. The molecule has 0 saturated heterocycles. The smallest absolute Gasteiger partial charge is 0.243 e. The number of sulfonamides is 1. The van der Waals surface area contributed by atoms with Gasteiger partial charge in [-0.05, 0) is 55.5 Å². The summed E-state index contributed by atoms with van der Waals surface area (Å²) in [7, 11) is -3.56. The minimum atomic E-state index is -3.56. The molecule has 5 nitrogen and oxygen atoms in total. The van der Waals surface area contributed by atoms with Gasteiger partial charge in [-0.2, -0.15) is 4.31 Å². The lowest BCUT2D eigenvalue weighted by atomic mass is 10.1. The van der Waals surface area contributed by atoms with Crippen molar-refractivity contribution in [3.8, 4) is 0 Å². The molecule has 0 heterocycles. The van der Waals surface area contributed by atoms with Crippen LogP contribution in [0.3, 0.4) is 0 Å². The summed E-state index contributed by atoms with van der Waals surface area (Å²) in [6.45, 7) is 6.90. The van der Waals surface area contributed by atoms with Crippen LogP contribution in [0.1, 0.15) is 31.4 Å². The van der Waals surface area contributed by atoms with E-state index in [1.54, 1.807) is 48.5 Å². The SMILES string of the molecule is Cc1ccc(S(=O)(=O)N(CCc2ccc(S(=O)O)cc2)CCC(C)C)cc1. The number of benzene rings is 2. The van der Waals surface area contributed by atoms with Gasteiger partial charge in [-0.1, -0.05) is 43.7 Å². The van der Waals surface area contributed by atoms with Gasteiger partial charge in [0.05, 0.1) is 9.79 Å². The summed E-state index contributed by atoms with van der Waals surface area (Å²) >= 11 is -2.01. The Balaban J connectivity index is 2.18. The van der Waals surface area contributed by atoms with Gasteiger partial charge in [0.1, 0.15) is 0 Å². The molecule has 7 heteroatoms. The van der Waals surface area contributed by atoms with Gasteiger partial charge in [0.15, 0.2) is 11.1 Å². The minimum Gasteiger partial charge on any atom is -0.302 e. The zero-order valence-corrected chi connectivity index (χ0v) is 17.6. The van der Waals surface area contributed by atoms with Gasteiger partial charge in [0.25, 0.3) is 0 Å². The van der Waals surface area contributed by atoms with Crippen molar-refractivity contribution in [2.75, 3.05) is 13.1 Å². The van der Waals surface area contributed by atoms with Gasteiger partial charge in [-0.15, -0.1) is 0 Å². The van der Waals surface area contributed by atoms with Gasteiger partial charge in [-0.25, -0.2) is 12.6 Å². The van der Waals surface area contributed by atoms with Crippen molar-refractivity contribution in [1.82, 2.24) is 4.31 Å². The highest BCUT2D eigenvalue weighted by molar-refractivity contribution is 7.89. The van der Waals surface area contributed by atoms with Gasteiger partial charge < -0.3 is 4.55 Å². The van der Waals surface area contributed by atoms with Crippen molar-refractivity contribution in [3.05, 3.63) is 59.7 Å². The number of aryl methyl sites for hydroxylation is 1. The maximum Gasteiger partial charge on any atom is 0.243 e. The highest BCUT2D eigenvalue weighted by Gasteiger charge is 2.24. The van der Waals surface area contributed by atoms with E-state index in [4.69, 9.17) is 4.55 Å². The maximum atomic E-state index is 13.1. The third kappa shape index (κ3) is 6.24. The molecule has 0 bridgehead atoms. The van der Waals surface area contributed by atoms with Crippen LogP contribution in [0.5, 0.6) is 0 Å². The highest BCUT2D eigenvalue weighted by atomic mass is 32.2. The number of hydrogen-bond donors (Lipinski definition) is 1. The van der Waals surface area contributed by atoms with Crippen LogP contribution < -0.4 is 0 Å². The summed E-state index contributed by atoms with van der Waals surface area (Å²) in [5.74, 6) is 0.402. The summed E-state index contributed by atoms with van der Waals surface area (Å²) in [4.78, 5) is 0.644. The van der Waals surface area contributed by atoms with E-state index in [2.05, 4.69) is 13.8 Å². The molecule has 0 radical (unpaired) electrons. The Morgan fingerprint density at radius 2 is 1.59 bits per heavy atom. The largest absolute Gasteiger partial charge is 0.302 e. The summed E-state index contributed by atoms with van der Waals surface area (Å²) < 4.78 is 47.8. The molecular weight excluding hydrogens is 382 g/mol. The quantitative estimate of drug-likeness (QED) is 0.638. The lowest BCUT2D eigenvalue weighted by Crippen LogP contribution is -2.34. The Labute approximate surface area is 164 Å². The van der Waals surface area contributed by atoms with Gasteiger partial charge in [-0.3, -0.25) is 0 Å². The Morgan fingerprint density at radius 1 is 1.00 bits per heavy atom. The summed E-state index contributed by atoms with van der Waals surface area (Å²) in [5, 5.41) is 0. The fourth-order valence-corrected chi connectivity index (χ4v) is 4.46. The molecule has 2 aromatic carbocycles. The fourth-order valence-electron chi connectivity index (χ4n) is 2.64. The molecule has 27 heavy (non-hydrogen) atoms. The first-order valence-corrected chi connectivity index (χ1v) is 11.5. The number of nitrogens with zero attached hydrogens (tertiary/aromatic N) is 1. The molecule has 0 saturated carbocycles. The molecule has 1 atom stereocenters. The molecule has 2 aromatic rings. The average molecular weight is 410 g/mol. The van der Waals surface area contributed by atoms with E-state index in [0.29, 0.717) is 35.2 Å². The van der Waals surface area contributed by atoms with Crippen molar-refractivity contribution in [2.45, 2.75) is 43.4 Å².